The van der Waals surface area contributed by atoms with Crippen molar-refractivity contribution in [2.75, 3.05) is 0 Å². The molecule has 0 saturated heterocycles. The average Bonchev–Trinajstić information content (AvgIpc) is 3.23. The first-order valence-electron chi connectivity index (χ1n) is 9.05. The van der Waals surface area contributed by atoms with Crippen LogP contribution in [0.4, 0.5) is 4.39 Å². The summed E-state index contributed by atoms with van der Waals surface area (Å²) in [7, 11) is 0. The van der Waals surface area contributed by atoms with Crippen molar-refractivity contribution in [3.8, 4) is 23.4 Å². The first-order chi connectivity index (χ1) is 14.3. The summed E-state index contributed by atoms with van der Waals surface area (Å²) in [5, 5.41) is 18.9. The standard InChI is InChI=1S/C25H12FN3/c26-21-9-3-7-15-17(10-12-27)23(19(11-13-28)22(15)21)24-16-5-1-2-6-18(16)25-20(24)8-4-14-29-25/h1-11,14H/b17-10+,19-11+,24-23+. The molecule has 0 spiro atoms. The Morgan fingerprint density at radius 1 is 0.724 bits per heavy atom. The highest BCUT2D eigenvalue weighted by Crippen LogP contribution is 2.54. The third kappa shape index (κ3) is 2.30. The molecule has 0 fully saturated rings. The Balaban J connectivity index is 1.98. The van der Waals surface area contributed by atoms with E-state index >= 15 is 0 Å². The van der Waals surface area contributed by atoms with E-state index in [0.29, 0.717) is 27.8 Å². The third-order valence-corrected chi connectivity index (χ3v) is 5.31. The maximum absolute atomic E-state index is 14.8. The van der Waals surface area contributed by atoms with Gasteiger partial charge in [0, 0.05) is 57.3 Å². The number of allylic oxidation sites excluding steroid dienone is 5. The molecule has 0 atom stereocenters. The zero-order chi connectivity index (χ0) is 20.0. The number of benzene rings is 2. The SMILES string of the molecule is N#C/C=C1C(=C2\c3ccccc3-c3ncccc32)/C(=C/C#N)c2cccc(F)c2/1. The van der Waals surface area contributed by atoms with Gasteiger partial charge in [-0.1, -0.05) is 42.5 Å². The first-order valence-corrected chi connectivity index (χ1v) is 9.05. The summed E-state index contributed by atoms with van der Waals surface area (Å²) in [6, 6.07) is 20.6. The molecule has 2 aromatic carbocycles. The topological polar surface area (TPSA) is 60.5 Å². The number of fused-ring (bicyclic) bond motifs is 4. The Morgan fingerprint density at radius 3 is 2.21 bits per heavy atom. The highest BCUT2D eigenvalue weighted by atomic mass is 19.1. The number of nitriles is 2. The summed E-state index contributed by atoms with van der Waals surface area (Å²) in [5.74, 6) is -0.416. The molecule has 0 amide bonds. The van der Waals surface area contributed by atoms with Crippen LogP contribution in [0, 0.1) is 28.5 Å². The van der Waals surface area contributed by atoms with Crippen LogP contribution in [-0.4, -0.2) is 4.98 Å². The Morgan fingerprint density at radius 2 is 1.41 bits per heavy atom. The summed E-state index contributed by atoms with van der Waals surface area (Å²) < 4.78 is 14.8. The summed E-state index contributed by atoms with van der Waals surface area (Å²) in [6.45, 7) is 0. The van der Waals surface area contributed by atoms with Crippen LogP contribution >= 0.6 is 0 Å². The monoisotopic (exact) mass is 373 g/mol. The lowest BCUT2D eigenvalue weighted by atomic mass is 9.91. The molecular weight excluding hydrogens is 361 g/mol. The average molecular weight is 373 g/mol. The van der Waals surface area contributed by atoms with Crippen LogP contribution in [0.25, 0.3) is 28.0 Å². The van der Waals surface area contributed by atoms with E-state index < -0.39 is 5.82 Å². The lowest BCUT2D eigenvalue weighted by Crippen LogP contribution is -1.92. The van der Waals surface area contributed by atoms with E-state index in [1.54, 1.807) is 18.3 Å². The maximum Gasteiger partial charge on any atom is 0.131 e. The molecule has 4 heteroatoms. The summed E-state index contributed by atoms with van der Waals surface area (Å²) in [6.07, 6.45) is 4.53. The second-order valence-electron chi connectivity index (χ2n) is 6.73. The summed E-state index contributed by atoms with van der Waals surface area (Å²) >= 11 is 0. The van der Waals surface area contributed by atoms with E-state index in [1.165, 1.54) is 18.2 Å². The third-order valence-electron chi connectivity index (χ3n) is 5.31. The fourth-order valence-corrected chi connectivity index (χ4v) is 4.26. The van der Waals surface area contributed by atoms with Crippen LogP contribution in [0.15, 0.2) is 78.5 Å². The highest BCUT2D eigenvalue weighted by molar-refractivity contribution is 6.19. The van der Waals surface area contributed by atoms with Crippen molar-refractivity contribution in [2.24, 2.45) is 0 Å². The normalized spacial score (nSPS) is 18.9. The van der Waals surface area contributed by atoms with Crippen LogP contribution in [0.3, 0.4) is 0 Å². The number of nitrogens with zero attached hydrogens (tertiary/aromatic N) is 3. The Kier molecular flexibility index (Phi) is 3.72. The molecule has 1 heterocycles. The number of rotatable bonds is 0. The van der Waals surface area contributed by atoms with E-state index in [1.807, 2.05) is 36.4 Å². The van der Waals surface area contributed by atoms with Gasteiger partial charge in [-0.05, 0) is 23.3 Å². The fraction of sp³-hybridized carbons (Fsp3) is 0. The molecule has 1 aromatic heterocycles. The van der Waals surface area contributed by atoms with Crippen molar-refractivity contribution in [1.82, 2.24) is 4.98 Å². The van der Waals surface area contributed by atoms with Crippen molar-refractivity contribution in [1.29, 1.82) is 10.5 Å². The van der Waals surface area contributed by atoms with Gasteiger partial charge in [0.05, 0.1) is 17.8 Å². The molecule has 29 heavy (non-hydrogen) atoms. The quantitative estimate of drug-likeness (QED) is 0.381. The minimum atomic E-state index is -0.416. The maximum atomic E-state index is 14.8. The van der Waals surface area contributed by atoms with Crippen molar-refractivity contribution >= 4 is 16.7 Å². The predicted molar refractivity (Wildman–Crippen MR) is 109 cm³/mol. The van der Waals surface area contributed by atoms with Gasteiger partial charge in [0.25, 0.3) is 0 Å². The molecule has 0 bridgehead atoms. The minimum absolute atomic E-state index is 0.355. The molecule has 0 unspecified atom stereocenters. The van der Waals surface area contributed by atoms with Gasteiger partial charge in [-0.25, -0.2) is 4.39 Å². The Labute approximate surface area is 167 Å². The summed E-state index contributed by atoms with van der Waals surface area (Å²) in [4.78, 5) is 4.55. The van der Waals surface area contributed by atoms with Crippen molar-refractivity contribution in [3.63, 3.8) is 0 Å². The Hall–Kier alpha value is -4.28. The van der Waals surface area contributed by atoms with Crippen LogP contribution in [-0.2, 0) is 0 Å². The van der Waals surface area contributed by atoms with Gasteiger partial charge in [-0.15, -0.1) is 0 Å². The zero-order valence-electron chi connectivity index (χ0n) is 15.1. The van der Waals surface area contributed by atoms with Crippen molar-refractivity contribution < 1.29 is 4.39 Å². The van der Waals surface area contributed by atoms with E-state index in [2.05, 4.69) is 17.1 Å². The van der Waals surface area contributed by atoms with Crippen molar-refractivity contribution in [2.45, 2.75) is 0 Å². The molecule has 0 radical (unpaired) electrons. The van der Waals surface area contributed by atoms with Crippen LogP contribution in [0.5, 0.6) is 0 Å². The van der Waals surface area contributed by atoms with Gasteiger partial charge >= 0.3 is 0 Å². The van der Waals surface area contributed by atoms with Crippen LogP contribution < -0.4 is 0 Å². The minimum Gasteiger partial charge on any atom is -0.256 e. The second kappa shape index (κ2) is 6.41. The number of hydrogen-bond acceptors (Lipinski definition) is 3. The van der Waals surface area contributed by atoms with Gasteiger partial charge in [0.15, 0.2) is 0 Å². The van der Waals surface area contributed by atoms with E-state index in [0.717, 1.165) is 28.0 Å². The van der Waals surface area contributed by atoms with Gasteiger partial charge in [0.2, 0.25) is 0 Å². The van der Waals surface area contributed by atoms with E-state index in [9.17, 15) is 14.9 Å². The molecule has 3 nitrogen and oxygen atoms in total. The highest BCUT2D eigenvalue weighted by Gasteiger charge is 2.36. The molecule has 0 N–H and O–H groups in total. The molecule has 3 aromatic rings. The van der Waals surface area contributed by atoms with Crippen molar-refractivity contribution in [3.05, 3.63) is 107 Å². The van der Waals surface area contributed by atoms with Gasteiger partial charge < -0.3 is 0 Å². The van der Waals surface area contributed by atoms with E-state index in [4.69, 9.17) is 0 Å². The fourth-order valence-electron chi connectivity index (χ4n) is 4.26. The predicted octanol–water partition coefficient (Wildman–Crippen LogP) is 5.53. The molecule has 2 aliphatic carbocycles. The van der Waals surface area contributed by atoms with Gasteiger partial charge in [0.1, 0.15) is 5.82 Å². The smallest absolute Gasteiger partial charge is 0.131 e. The number of pyridine rings is 1. The Bertz CT molecular complexity index is 1330. The largest absolute Gasteiger partial charge is 0.256 e. The lowest BCUT2D eigenvalue weighted by molar-refractivity contribution is 0.624. The first kappa shape index (κ1) is 16.9. The second-order valence-corrected chi connectivity index (χ2v) is 6.73. The van der Waals surface area contributed by atoms with Gasteiger partial charge in [-0.2, -0.15) is 10.5 Å². The number of hydrogen-bond donors (Lipinski definition) is 0. The molecule has 5 rings (SSSR count). The zero-order valence-corrected chi connectivity index (χ0v) is 15.1. The molecule has 134 valence electrons. The van der Waals surface area contributed by atoms with E-state index in [-0.39, 0.29) is 0 Å². The summed E-state index contributed by atoms with van der Waals surface area (Å²) in [5.41, 5.74) is 7.31. The number of halogens is 1. The number of aromatic nitrogens is 1. The molecule has 0 saturated carbocycles. The molecular formula is C25H12FN3. The van der Waals surface area contributed by atoms with Gasteiger partial charge in [-0.3, -0.25) is 4.98 Å². The van der Waals surface area contributed by atoms with Crippen LogP contribution in [0.1, 0.15) is 22.3 Å². The molecule has 0 aliphatic heterocycles. The lowest BCUT2D eigenvalue weighted by Gasteiger charge is -2.11. The molecule has 2 aliphatic rings. The van der Waals surface area contributed by atoms with Crippen LogP contribution in [0.2, 0.25) is 0 Å².